The molecule has 2 fully saturated rings. The van der Waals surface area contributed by atoms with Gasteiger partial charge in [0.1, 0.15) is 23.1 Å². The number of amides is 3. The van der Waals surface area contributed by atoms with Crippen LogP contribution in [0.1, 0.15) is 35.7 Å². The van der Waals surface area contributed by atoms with E-state index in [2.05, 4.69) is 31.3 Å². The first-order valence-electron chi connectivity index (χ1n) is 11.1. The minimum absolute atomic E-state index is 0.0697. The Morgan fingerprint density at radius 3 is 2.80 bits per heavy atom. The molecule has 11 nitrogen and oxygen atoms in total. The first kappa shape index (κ1) is 22.3. The maximum absolute atomic E-state index is 14.2. The molecular formula is C23H22FN7O4. The van der Waals surface area contributed by atoms with E-state index in [1.165, 1.54) is 24.4 Å². The number of hydrogen-bond donors (Lipinski definition) is 4. The second-order valence-electron chi connectivity index (χ2n) is 8.23. The van der Waals surface area contributed by atoms with Gasteiger partial charge in [-0.3, -0.25) is 10.1 Å². The van der Waals surface area contributed by atoms with Gasteiger partial charge in [-0.15, -0.1) is 0 Å². The standard InChI is InChI=1S/C23H22FN7O4/c1-2-35-22(33)13-5-15(24)8-16(6-13)27-18-9-19(25-10-12-3-4-12)31-20(29-18)14(11-26-31)7-17-21(32)30-23(34)28-17/h5-9,11-12,25H,2-4,10H2,1H3,(H,27,29)(H2,28,30,32,34)/b17-7-. The second kappa shape index (κ2) is 9.05. The van der Waals surface area contributed by atoms with Crippen molar-refractivity contribution >= 4 is 47.0 Å². The van der Waals surface area contributed by atoms with E-state index in [9.17, 15) is 18.8 Å². The lowest BCUT2D eigenvalue weighted by atomic mass is 10.2. The van der Waals surface area contributed by atoms with Gasteiger partial charge in [0.25, 0.3) is 5.91 Å². The Hall–Kier alpha value is -4.48. The zero-order valence-electron chi connectivity index (χ0n) is 18.7. The predicted molar refractivity (Wildman–Crippen MR) is 124 cm³/mol. The molecule has 3 aromatic rings. The number of esters is 1. The first-order chi connectivity index (χ1) is 16.9. The van der Waals surface area contributed by atoms with Crippen molar-refractivity contribution in [1.82, 2.24) is 25.2 Å². The van der Waals surface area contributed by atoms with Crippen LogP contribution in [-0.2, 0) is 9.53 Å². The molecule has 0 spiro atoms. The van der Waals surface area contributed by atoms with Crippen molar-refractivity contribution in [3.05, 3.63) is 53.1 Å². The Morgan fingerprint density at radius 2 is 2.09 bits per heavy atom. The molecule has 0 unspecified atom stereocenters. The lowest BCUT2D eigenvalue weighted by molar-refractivity contribution is -0.115. The number of hydrogen-bond acceptors (Lipinski definition) is 8. The van der Waals surface area contributed by atoms with E-state index < -0.39 is 23.7 Å². The zero-order valence-corrected chi connectivity index (χ0v) is 18.7. The number of nitrogens with zero attached hydrogens (tertiary/aromatic N) is 3. The highest BCUT2D eigenvalue weighted by Crippen LogP contribution is 2.30. The largest absolute Gasteiger partial charge is 0.462 e. The van der Waals surface area contributed by atoms with E-state index in [4.69, 9.17) is 4.74 Å². The summed E-state index contributed by atoms with van der Waals surface area (Å²) >= 11 is 0. The fourth-order valence-corrected chi connectivity index (χ4v) is 3.62. The van der Waals surface area contributed by atoms with E-state index in [0.29, 0.717) is 34.5 Å². The fourth-order valence-electron chi connectivity index (χ4n) is 3.62. The van der Waals surface area contributed by atoms with Crippen LogP contribution in [0.4, 0.5) is 26.5 Å². The molecule has 1 aliphatic heterocycles. The van der Waals surface area contributed by atoms with Crippen LogP contribution < -0.4 is 21.3 Å². The molecule has 180 valence electrons. The van der Waals surface area contributed by atoms with Crippen LogP contribution in [0.3, 0.4) is 0 Å². The summed E-state index contributed by atoms with van der Waals surface area (Å²) in [6.45, 7) is 2.59. The number of fused-ring (bicyclic) bond motifs is 1. The SMILES string of the molecule is CCOC(=O)c1cc(F)cc(Nc2cc(NCC3CC3)n3ncc(/C=C4\NC(=O)NC4=O)c3n2)c1. The Labute approximate surface area is 198 Å². The number of carbonyl (C=O) groups excluding carboxylic acids is 3. The predicted octanol–water partition coefficient (Wildman–Crippen LogP) is 2.79. The molecule has 12 heteroatoms. The molecule has 0 radical (unpaired) electrons. The van der Waals surface area contributed by atoms with Crippen molar-refractivity contribution in [2.75, 3.05) is 23.8 Å². The van der Waals surface area contributed by atoms with Crippen LogP contribution in [0, 0.1) is 11.7 Å². The van der Waals surface area contributed by atoms with Crippen molar-refractivity contribution in [1.29, 1.82) is 0 Å². The lowest BCUT2D eigenvalue weighted by Gasteiger charge is -2.13. The van der Waals surface area contributed by atoms with Crippen molar-refractivity contribution < 1.29 is 23.5 Å². The van der Waals surface area contributed by atoms with Crippen LogP contribution in [0.25, 0.3) is 11.7 Å². The van der Waals surface area contributed by atoms with Gasteiger partial charge in [0, 0.05) is 23.9 Å². The lowest BCUT2D eigenvalue weighted by Crippen LogP contribution is -2.22. The highest BCUT2D eigenvalue weighted by molar-refractivity contribution is 6.14. The molecule has 2 aromatic heterocycles. The van der Waals surface area contributed by atoms with Crippen LogP contribution >= 0.6 is 0 Å². The minimum atomic E-state index is -0.633. The quantitative estimate of drug-likeness (QED) is 0.220. The average Bonchev–Trinajstić information content (AvgIpc) is 3.48. The molecule has 2 aliphatic rings. The number of aromatic nitrogens is 3. The summed E-state index contributed by atoms with van der Waals surface area (Å²) in [5, 5.41) is 15.4. The molecule has 1 saturated carbocycles. The van der Waals surface area contributed by atoms with Gasteiger partial charge in [-0.25, -0.2) is 19.0 Å². The molecule has 1 saturated heterocycles. The normalized spacial score (nSPS) is 16.3. The summed E-state index contributed by atoms with van der Waals surface area (Å²) in [5.74, 6) is -0.218. The number of benzene rings is 1. The third-order valence-electron chi connectivity index (χ3n) is 5.47. The number of nitrogens with one attached hydrogen (secondary N) is 4. The maximum atomic E-state index is 14.2. The highest BCUT2D eigenvalue weighted by atomic mass is 19.1. The van der Waals surface area contributed by atoms with Gasteiger partial charge in [-0.1, -0.05) is 0 Å². The number of rotatable bonds is 8. The van der Waals surface area contributed by atoms with Gasteiger partial charge < -0.3 is 20.7 Å². The second-order valence-corrected chi connectivity index (χ2v) is 8.23. The summed E-state index contributed by atoms with van der Waals surface area (Å²) in [6.07, 6.45) is 5.31. The molecule has 0 atom stereocenters. The van der Waals surface area contributed by atoms with E-state index in [1.807, 2.05) is 0 Å². The van der Waals surface area contributed by atoms with E-state index in [-0.39, 0.29) is 17.9 Å². The van der Waals surface area contributed by atoms with Crippen molar-refractivity contribution in [3.8, 4) is 0 Å². The maximum Gasteiger partial charge on any atom is 0.338 e. The number of imide groups is 1. The van der Waals surface area contributed by atoms with Gasteiger partial charge in [0.05, 0.1) is 18.4 Å². The summed E-state index contributed by atoms with van der Waals surface area (Å²) in [7, 11) is 0. The molecule has 5 rings (SSSR count). The Kier molecular flexibility index (Phi) is 5.77. The first-order valence-corrected chi connectivity index (χ1v) is 11.1. The smallest absolute Gasteiger partial charge is 0.338 e. The van der Waals surface area contributed by atoms with Gasteiger partial charge in [0.2, 0.25) is 0 Å². The number of carbonyl (C=O) groups is 3. The number of halogens is 1. The number of anilines is 3. The molecule has 1 aliphatic carbocycles. The van der Waals surface area contributed by atoms with Gasteiger partial charge >= 0.3 is 12.0 Å². The van der Waals surface area contributed by atoms with Gasteiger partial charge in [-0.05, 0) is 50.0 Å². The van der Waals surface area contributed by atoms with E-state index in [1.54, 1.807) is 17.5 Å². The van der Waals surface area contributed by atoms with Crippen molar-refractivity contribution in [2.24, 2.45) is 5.92 Å². The Morgan fingerprint density at radius 1 is 1.26 bits per heavy atom. The third-order valence-corrected chi connectivity index (χ3v) is 5.47. The van der Waals surface area contributed by atoms with E-state index in [0.717, 1.165) is 25.5 Å². The molecule has 3 amide bonds. The van der Waals surface area contributed by atoms with Crippen LogP contribution in [0.15, 0.2) is 36.2 Å². The fraction of sp³-hybridized carbons (Fsp3) is 0.261. The van der Waals surface area contributed by atoms with Crippen LogP contribution in [0.2, 0.25) is 0 Å². The molecule has 35 heavy (non-hydrogen) atoms. The van der Waals surface area contributed by atoms with Crippen molar-refractivity contribution in [2.45, 2.75) is 19.8 Å². The molecule has 0 bridgehead atoms. The van der Waals surface area contributed by atoms with Crippen molar-refractivity contribution in [3.63, 3.8) is 0 Å². The molecular weight excluding hydrogens is 457 g/mol. The Balaban J connectivity index is 1.52. The van der Waals surface area contributed by atoms with Gasteiger partial charge in [0.15, 0.2) is 5.65 Å². The molecule has 4 N–H and O–H groups in total. The Bertz CT molecular complexity index is 1380. The molecule has 3 heterocycles. The summed E-state index contributed by atoms with van der Waals surface area (Å²) in [5.41, 5.74) is 1.33. The zero-order chi connectivity index (χ0) is 24.5. The molecule has 1 aromatic carbocycles. The number of urea groups is 1. The average molecular weight is 479 g/mol. The van der Waals surface area contributed by atoms with Gasteiger partial charge in [-0.2, -0.15) is 9.61 Å². The summed E-state index contributed by atoms with van der Waals surface area (Å²) in [4.78, 5) is 40.1. The van der Waals surface area contributed by atoms with Crippen LogP contribution in [0.5, 0.6) is 0 Å². The number of ether oxygens (including phenoxy) is 1. The van der Waals surface area contributed by atoms with E-state index >= 15 is 0 Å². The summed E-state index contributed by atoms with van der Waals surface area (Å²) < 4.78 is 20.8. The summed E-state index contributed by atoms with van der Waals surface area (Å²) in [6, 6.07) is 4.93. The third kappa shape index (κ3) is 4.90. The highest BCUT2D eigenvalue weighted by Gasteiger charge is 2.24. The van der Waals surface area contributed by atoms with Crippen LogP contribution in [-0.4, -0.2) is 45.7 Å². The monoisotopic (exact) mass is 479 g/mol. The minimum Gasteiger partial charge on any atom is -0.462 e. The topological polar surface area (TPSA) is 139 Å².